The van der Waals surface area contributed by atoms with E-state index in [0.717, 1.165) is 45.0 Å². The van der Waals surface area contributed by atoms with Crippen molar-refractivity contribution in [1.82, 2.24) is 4.98 Å². The summed E-state index contributed by atoms with van der Waals surface area (Å²) >= 11 is 0. The molecule has 0 atom stereocenters. The first-order valence-electron chi connectivity index (χ1n) is 10.5. The molecule has 0 unspecified atom stereocenters. The van der Waals surface area contributed by atoms with Crippen LogP contribution in [0, 0.1) is 27.7 Å². The fraction of sp³-hybridized carbons (Fsp3) is 0.148. The second-order valence-electron chi connectivity index (χ2n) is 7.67. The Morgan fingerprint density at radius 1 is 0.531 bits per heavy atom. The molecule has 0 bridgehead atoms. The zero-order valence-corrected chi connectivity index (χ0v) is 19.6. The van der Waals surface area contributed by atoms with Gasteiger partial charge in [-0.05, 0) is 56.0 Å². The summed E-state index contributed by atoms with van der Waals surface area (Å²) in [4.78, 5) is 4.69. The van der Waals surface area contributed by atoms with Crippen molar-refractivity contribution >= 4 is 8.60 Å². The minimum absolute atomic E-state index is 0.454. The Morgan fingerprint density at radius 2 is 1.03 bits per heavy atom. The minimum atomic E-state index is -1.80. The quantitative estimate of drug-likeness (QED) is 0.274. The summed E-state index contributed by atoms with van der Waals surface area (Å²) < 4.78 is 18.9. The highest BCUT2D eigenvalue weighted by Gasteiger charge is 2.24. The minimum Gasteiger partial charge on any atom is -0.408 e. The molecule has 0 saturated carbocycles. The molecule has 0 radical (unpaired) electrons. The van der Waals surface area contributed by atoms with Gasteiger partial charge in [0, 0.05) is 11.6 Å². The average Bonchev–Trinajstić information content (AvgIpc) is 2.79. The van der Waals surface area contributed by atoms with Gasteiger partial charge < -0.3 is 13.6 Å². The average molecular weight is 443 g/mol. The van der Waals surface area contributed by atoms with Crippen LogP contribution in [0.15, 0.2) is 84.9 Å². The predicted molar refractivity (Wildman–Crippen MR) is 130 cm³/mol. The van der Waals surface area contributed by atoms with E-state index in [2.05, 4.69) is 4.98 Å². The zero-order chi connectivity index (χ0) is 22.5. The summed E-state index contributed by atoms with van der Waals surface area (Å²) in [6, 6.07) is 27.8. The van der Waals surface area contributed by atoms with Crippen LogP contribution in [0.4, 0.5) is 0 Å². The summed E-state index contributed by atoms with van der Waals surface area (Å²) in [5.74, 6) is 1.99. The van der Waals surface area contributed by atoms with Crippen LogP contribution in [0.5, 0.6) is 17.4 Å². The van der Waals surface area contributed by atoms with Crippen LogP contribution in [0.25, 0.3) is 11.3 Å². The standard InChI is InChI=1S/C27H26NO3P/c1-19-11-8-12-20(2)26(19)30-32(31-27-21(3)13-9-14-22(27)4)29-25-18-10-17-24(28-25)23-15-6-5-7-16-23/h5-18H,1-4H3. The molecular weight excluding hydrogens is 417 g/mol. The first-order valence-corrected chi connectivity index (χ1v) is 11.6. The van der Waals surface area contributed by atoms with Gasteiger partial charge in [-0.3, -0.25) is 0 Å². The highest BCUT2D eigenvalue weighted by Crippen LogP contribution is 2.45. The van der Waals surface area contributed by atoms with E-state index in [1.807, 2.05) is 113 Å². The van der Waals surface area contributed by atoms with Gasteiger partial charge in [0.15, 0.2) is 0 Å². The van der Waals surface area contributed by atoms with Crippen molar-refractivity contribution in [3.63, 3.8) is 0 Å². The number of pyridine rings is 1. The summed E-state index contributed by atoms with van der Waals surface area (Å²) in [5, 5.41) is 0. The van der Waals surface area contributed by atoms with Crippen LogP contribution in [0.1, 0.15) is 22.3 Å². The molecular formula is C27H26NO3P. The Morgan fingerprint density at radius 3 is 1.56 bits per heavy atom. The Kier molecular flexibility index (Phi) is 6.72. The van der Waals surface area contributed by atoms with E-state index in [4.69, 9.17) is 13.6 Å². The van der Waals surface area contributed by atoms with E-state index in [0.29, 0.717) is 5.88 Å². The van der Waals surface area contributed by atoms with Gasteiger partial charge in [-0.15, -0.1) is 0 Å². The molecule has 32 heavy (non-hydrogen) atoms. The molecule has 4 nitrogen and oxygen atoms in total. The molecule has 4 aromatic rings. The topological polar surface area (TPSA) is 40.6 Å². The van der Waals surface area contributed by atoms with Crippen LogP contribution < -0.4 is 13.6 Å². The van der Waals surface area contributed by atoms with Crippen molar-refractivity contribution in [2.24, 2.45) is 0 Å². The van der Waals surface area contributed by atoms with Gasteiger partial charge in [0.1, 0.15) is 11.5 Å². The highest BCUT2D eigenvalue weighted by atomic mass is 31.2. The van der Waals surface area contributed by atoms with E-state index in [-0.39, 0.29) is 0 Å². The number of aromatic nitrogens is 1. The summed E-state index contributed by atoms with van der Waals surface area (Å²) in [5.41, 5.74) is 5.95. The molecule has 162 valence electrons. The van der Waals surface area contributed by atoms with E-state index in [1.165, 1.54) is 0 Å². The predicted octanol–water partition coefficient (Wildman–Crippen LogP) is 7.75. The number of aryl methyl sites for hydroxylation is 4. The molecule has 0 fully saturated rings. The second-order valence-corrected chi connectivity index (χ2v) is 8.66. The molecule has 5 heteroatoms. The van der Waals surface area contributed by atoms with Gasteiger partial charge >= 0.3 is 8.60 Å². The van der Waals surface area contributed by atoms with Crippen molar-refractivity contribution < 1.29 is 13.6 Å². The number of benzene rings is 3. The molecule has 0 saturated heterocycles. The van der Waals surface area contributed by atoms with Crippen LogP contribution in [-0.4, -0.2) is 4.98 Å². The Hall–Kier alpha value is -3.36. The van der Waals surface area contributed by atoms with Crippen LogP contribution in [0.2, 0.25) is 0 Å². The molecule has 0 N–H and O–H groups in total. The lowest BCUT2D eigenvalue weighted by atomic mass is 10.1. The molecule has 0 aliphatic heterocycles. The fourth-order valence-corrected chi connectivity index (χ4v) is 4.64. The second kappa shape index (κ2) is 9.84. The van der Waals surface area contributed by atoms with E-state index >= 15 is 0 Å². The molecule has 0 amide bonds. The number of hydrogen-bond donors (Lipinski definition) is 0. The van der Waals surface area contributed by atoms with Gasteiger partial charge in [0.2, 0.25) is 5.88 Å². The van der Waals surface area contributed by atoms with Crippen molar-refractivity contribution in [3.8, 4) is 28.6 Å². The SMILES string of the molecule is Cc1cccc(C)c1OP(Oc1cccc(-c2ccccc2)n1)Oc1c(C)cccc1C. The smallest absolute Gasteiger partial charge is 0.408 e. The molecule has 1 aromatic heterocycles. The fourth-order valence-electron chi connectivity index (χ4n) is 3.40. The number of nitrogens with zero attached hydrogens (tertiary/aromatic N) is 1. The number of rotatable bonds is 7. The third-order valence-corrected chi connectivity index (χ3v) is 6.11. The molecule has 1 heterocycles. The molecule has 4 rings (SSSR count). The summed E-state index contributed by atoms with van der Waals surface area (Å²) in [6.07, 6.45) is 0. The number of hydrogen-bond acceptors (Lipinski definition) is 4. The van der Waals surface area contributed by atoms with Gasteiger partial charge in [0.05, 0.1) is 5.69 Å². The molecule has 0 spiro atoms. The Balaban J connectivity index is 1.66. The summed E-state index contributed by atoms with van der Waals surface area (Å²) in [6.45, 7) is 8.07. The van der Waals surface area contributed by atoms with Crippen molar-refractivity contribution in [3.05, 3.63) is 107 Å². The zero-order valence-electron chi connectivity index (χ0n) is 18.7. The first-order chi connectivity index (χ1) is 15.5. The number of para-hydroxylation sites is 2. The highest BCUT2D eigenvalue weighted by molar-refractivity contribution is 7.43. The monoisotopic (exact) mass is 443 g/mol. The van der Waals surface area contributed by atoms with E-state index in [9.17, 15) is 0 Å². The van der Waals surface area contributed by atoms with Crippen LogP contribution in [0.3, 0.4) is 0 Å². The van der Waals surface area contributed by atoms with Crippen molar-refractivity contribution in [2.75, 3.05) is 0 Å². The lowest BCUT2D eigenvalue weighted by Gasteiger charge is -2.21. The lowest BCUT2D eigenvalue weighted by Crippen LogP contribution is -2.06. The van der Waals surface area contributed by atoms with Gasteiger partial charge in [-0.2, -0.15) is 0 Å². The first kappa shape index (κ1) is 21.9. The largest absolute Gasteiger partial charge is 0.531 e. The Labute approximate surface area is 190 Å². The molecule has 0 aliphatic rings. The lowest BCUT2D eigenvalue weighted by molar-refractivity contribution is 0.378. The normalized spacial score (nSPS) is 10.8. The maximum Gasteiger partial charge on any atom is 0.531 e. The van der Waals surface area contributed by atoms with Gasteiger partial charge in [-0.25, -0.2) is 4.98 Å². The van der Waals surface area contributed by atoms with Crippen LogP contribution >= 0.6 is 8.60 Å². The molecule has 0 aliphatic carbocycles. The van der Waals surface area contributed by atoms with Gasteiger partial charge in [0.25, 0.3) is 0 Å². The van der Waals surface area contributed by atoms with Crippen LogP contribution in [-0.2, 0) is 0 Å². The van der Waals surface area contributed by atoms with E-state index < -0.39 is 8.60 Å². The third-order valence-electron chi connectivity index (χ3n) is 5.11. The van der Waals surface area contributed by atoms with Crippen molar-refractivity contribution in [2.45, 2.75) is 27.7 Å². The Bertz CT molecular complexity index is 1120. The van der Waals surface area contributed by atoms with E-state index in [1.54, 1.807) is 0 Å². The maximum atomic E-state index is 6.32. The summed E-state index contributed by atoms with van der Waals surface area (Å²) in [7, 11) is -1.80. The van der Waals surface area contributed by atoms with Gasteiger partial charge in [-0.1, -0.05) is 72.8 Å². The maximum absolute atomic E-state index is 6.32. The third kappa shape index (κ3) is 5.09. The van der Waals surface area contributed by atoms with Crippen molar-refractivity contribution in [1.29, 1.82) is 0 Å². The molecule has 3 aromatic carbocycles.